The first-order valence-corrected chi connectivity index (χ1v) is 8.01. The van der Waals surface area contributed by atoms with Crippen LogP contribution >= 0.6 is 0 Å². The predicted octanol–water partition coefficient (Wildman–Crippen LogP) is 3.03. The Morgan fingerprint density at radius 2 is 2.05 bits per heavy atom. The third-order valence-electron chi connectivity index (χ3n) is 3.97. The maximum absolute atomic E-state index is 5.82. The summed E-state index contributed by atoms with van der Waals surface area (Å²) in [6, 6.07) is 8.07. The fourth-order valence-electron chi connectivity index (χ4n) is 2.74. The second kappa shape index (κ2) is 7.94. The number of rotatable bonds is 8. The van der Waals surface area contributed by atoms with E-state index in [1.807, 2.05) is 22.9 Å². The highest BCUT2D eigenvalue weighted by Gasteiger charge is 2.19. The zero-order chi connectivity index (χ0) is 15.9. The van der Waals surface area contributed by atoms with Crippen LogP contribution in [0.3, 0.4) is 0 Å². The summed E-state index contributed by atoms with van der Waals surface area (Å²) in [4.78, 5) is 0. The van der Waals surface area contributed by atoms with E-state index in [0.717, 1.165) is 24.3 Å². The highest BCUT2D eigenvalue weighted by Crippen LogP contribution is 2.25. The van der Waals surface area contributed by atoms with E-state index in [2.05, 4.69) is 37.1 Å². The first kappa shape index (κ1) is 16.5. The van der Waals surface area contributed by atoms with Gasteiger partial charge in [0, 0.05) is 12.5 Å². The van der Waals surface area contributed by atoms with Crippen LogP contribution in [0.15, 0.2) is 24.3 Å². The molecule has 2 rings (SSSR count). The largest absolute Gasteiger partial charge is 0.492 e. The molecule has 0 spiro atoms. The average molecular weight is 302 g/mol. The monoisotopic (exact) mass is 302 g/mol. The Balaban J connectivity index is 2.05. The summed E-state index contributed by atoms with van der Waals surface area (Å²) >= 11 is 0. The lowest BCUT2D eigenvalue weighted by Crippen LogP contribution is -2.16. The normalized spacial score (nSPS) is 11.1. The van der Waals surface area contributed by atoms with Crippen LogP contribution in [-0.2, 0) is 13.1 Å². The summed E-state index contributed by atoms with van der Waals surface area (Å²) in [5.74, 6) is 1.34. The number of aryl methyl sites for hydroxylation is 1. The quantitative estimate of drug-likeness (QED) is 0.814. The molecule has 22 heavy (non-hydrogen) atoms. The minimum absolute atomic E-state index is 0.435. The van der Waals surface area contributed by atoms with Crippen molar-refractivity contribution in [3.05, 3.63) is 41.2 Å². The van der Waals surface area contributed by atoms with E-state index in [0.29, 0.717) is 25.6 Å². The Hall–Kier alpha value is -1.88. The summed E-state index contributed by atoms with van der Waals surface area (Å²) in [5.41, 5.74) is 9.07. The van der Waals surface area contributed by atoms with E-state index in [1.165, 1.54) is 11.3 Å². The molecular weight excluding hydrogens is 276 g/mol. The summed E-state index contributed by atoms with van der Waals surface area (Å²) in [5, 5.41) is 8.48. The van der Waals surface area contributed by atoms with Crippen molar-refractivity contribution in [2.75, 3.05) is 6.61 Å². The molecule has 1 aromatic heterocycles. The van der Waals surface area contributed by atoms with Crippen molar-refractivity contribution >= 4 is 0 Å². The fraction of sp³-hybridized carbons (Fsp3) is 0.529. The summed E-state index contributed by atoms with van der Waals surface area (Å²) in [7, 11) is 0. The highest BCUT2D eigenvalue weighted by molar-refractivity contribution is 5.27. The zero-order valence-corrected chi connectivity index (χ0v) is 13.7. The van der Waals surface area contributed by atoms with Crippen molar-refractivity contribution in [3.8, 4) is 5.75 Å². The number of hydrogen-bond donors (Lipinski definition) is 1. The Bertz CT molecular complexity index is 590. The van der Waals surface area contributed by atoms with Crippen molar-refractivity contribution in [2.24, 2.45) is 5.73 Å². The van der Waals surface area contributed by atoms with Crippen LogP contribution in [0.4, 0.5) is 0 Å². The minimum atomic E-state index is 0.435. The van der Waals surface area contributed by atoms with Gasteiger partial charge in [-0.3, -0.25) is 0 Å². The zero-order valence-electron chi connectivity index (χ0n) is 13.7. The molecule has 0 saturated carbocycles. The van der Waals surface area contributed by atoms with E-state index in [-0.39, 0.29) is 0 Å². The lowest BCUT2D eigenvalue weighted by molar-refractivity contribution is 0.285. The number of hydrogen-bond acceptors (Lipinski definition) is 4. The van der Waals surface area contributed by atoms with Crippen LogP contribution in [0, 0.1) is 6.92 Å². The minimum Gasteiger partial charge on any atom is -0.492 e. The number of benzene rings is 1. The van der Waals surface area contributed by atoms with Gasteiger partial charge in [0.2, 0.25) is 0 Å². The molecule has 120 valence electrons. The van der Waals surface area contributed by atoms with Crippen LogP contribution < -0.4 is 10.5 Å². The molecule has 1 heterocycles. The maximum Gasteiger partial charge on any atom is 0.119 e. The first-order valence-electron chi connectivity index (χ1n) is 8.01. The second-order valence-electron chi connectivity index (χ2n) is 5.53. The fourth-order valence-corrected chi connectivity index (χ4v) is 2.74. The van der Waals surface area contributed by atoms with Gasteiger partial charge in [-0.05, 0) is 37.5 Å². The van der Waals surface area contributed by atoms with E-state index in [1.54, 1.807) is 0 Å². The molecule has 0 saturated heterocycles. The second-order valence-corrected chi connectivity index (χ2v) is 5.53. The molecule has 2 N–H and O–H groups in total. The van der Waals surface area contributed by atoms with Gasteiger partial charge in [0.05, 0.1) is 17.9 Å². The van der Waals surface area contributed by atoms with Gasteiger partial charge in [-0.1, -0.05) is 31.2 Å². The molecule has 0 unspecified atom stereocenters. The van der Waals surface area contributed by atoms with Crippen molar-refractivity contribution in [1.29, 1.82) is 0 Å². The van der Waals surface area contributed by atoms with Crippen LogP contribution in [0.5, 0.6) is 5.75 Å². The molecule has 0 atom stereocenters. The van der Waals surface area contributed by atoms with E-state index in [4.69, 9.17) is 10.5 Å². The third kappa shape index (κ3) is 3.85. The van der Waals surface area contributed by atoms with Crippen molar-refractivity contribution in [3.63, 3.8) is 0 Å². The molecule has 1 aromatic carbocycles. The van der Waals surface area contributed by atoms with Crippen LogP contribution in [-0.4, -0.2) is 21.6 Å². The van der Waals surface area contributed by atoms with E-state index < -0.39 is 0 Å². The average Bonchev–Trinajstić information content (AvgIpc) is 2.92. The van der Waals surface area contributed by atoms with Crippen LogP contribution in [0.25, 0.3) is 0 Å². The third-order valence-corrected chi connectivity index (χ3v) is 3.97. The maximum atomic E-state index is 5.82. The molecule has 2 aromatic rings. The Kier molecular flexibility index (Phi) is 5.95. The summed E-state index contributed by atoms with van der Waals surface area (Å²) < 4.78 is 7.77. The van der Waals surface area contributed by atoms with Crippen molar-refractivity contribution in [1.82, 2.24) is 15.0 Å². The van der Waals surface area contributed by atoms with E-state index in [9.17, 15) is 0 Å². The first-order chi connectivity index (χ1) is 10.7. The molecule has 0 amide bonds. The summed E-state index contributed by atoms with van der Waals surface area (Å²) in [6.07, 6.45) is 2.13. The Labute approximate surface area is 132 Å². The molecule has 0 aliphatic heterocycles. The van der Waals surface area contributed by atoms with Gasteiger partial charge in [-0.2, -0.15) is 0 Å². The van der Waals surface area contributed by atoms with Crippen LogP contribution in [0.1, 0.15) is 49.6 Å². The van der Waals surface area contributed by atoms with E-state index >= 15 is 0 Å². The Morgan fingerprint density at radius 1 is 1.27 bits per heavy atom. The SMILES string of the molecule is CCC(CC)c1c(CN)nnn1CCOc1cccc(C)c1. The van der Waals surface area contributed by atoms with Gasteiger partial charge < -0.3 is 10.5 Å². The molecule has 0 aliphatic rings. The van der Waals surface area contributed by atoms with Crippen molar-refractivity contribution < 1.29 is 4.74 Å². The molecule has 5 heteroatoms. The smallest absolute Gasteiger partial charge is 0.119 e. The predicted molar refractivity (Wildman–Crippen MR) is 87.9 cm³/mol. The van der Waals surface area contributed by atoms with Gasteiger partial charge in [0.1, 0.15) is 12.4 Å². The van der Waals surface area contributed by atoms with Crippen molar-refractivity contribution in [2.45, 2.75) is 52.6 Å². The molecule has 0 bridgehead atoms. The lowest BCUT2D eigenvalue weighted by Gasteiger charge is -2.16. The van der Waals surface area contributed by atoms with Gasteiger partial charge in [-0.25, -0.2) is 4.68 Å². The van der Waals surface area contributed by atoms with Gasteiger partial charge >= 0.3 is 0 Å². The summed E-state index contributed by atoms with van der Waals surface area (Å²) in [6.45, 7) is 8.13. The number of nitrogens with zero attached hydrogens (tertiary/aromatic N) is 3. The highest BCUT2D eigenvalue weighted by atomic mass is 16.5. The van der Waals surface area contributed by atoms with Gasteiger partial charge in [0.25, 0.3) is 0 Å². The molecule has 0 fully saturated rings. The van der Waals surface area contributed by atoms with Gasteiger partial charge in [-0.15, -0.1) is 5.10 Å². The van der Waals surface area contributed by atoms with Gasteiger partial charge in [0.15, 0.2) is 0 Å². The molecule has 0 aliphatic carbocycles. The Morgan fingerprint density at radius 3 is 2.68 bits per heavy atom. The van der Waals surface area contributed by atoms with Crippen LogP contribution in [0.2, 0.25) is 0 Å². The number of ether oxygens (including phenoxy) is 1. The lowest BCUT2D eigenvalue weighted by atomic mass is 9.97. The number of aromatic nitrogens is 3. The topological polar surface area (TPSA) is 66.0 Å². The molecular formula is C17H26N4O. The standard InChI is InChI=1S/C17H26N4O/c1-4-14(5-2)17-16(12-18)19-20-21(17)9-10-22-15-8-6-7-13(3)11-15/h6-8,11,14H,4-5,9-10,12,18H2,1-3H3. The number of nitrogens with two attached hydrogens (primary N) is 1. The molecule has 5 nitrogen and oxygen atoms in total. The molecule has 0 radical (unpaired) electrons.